The molecule has 4 aromatic rings. The number of aryl methyl sites for hydroxylation is 1. The van der Waals surface area contributed by atoms with Crippen LogP contribution in [0.25, 0.3) is 21.5 Å². The minimum Gasteiger partial charge on any atom is -0.483 e. The molecule has 0 heterocycles. The van der Waals surface area contributed by atoms with E-state index in [4.69, 9.17) is 4.74 Å². The summed E-state index contributed by atoms with van der Waals surface area (Å²) in [5, 5.41) is 8.68. The molecule has 0 saturated heterocycles. The van der Waals surface area contributed by atoms with Crippen LogP contribution in [-0.2, 0) is 4.79 Å². The summed E-state index contributed by atoms with van der Waals surface area (Å²) in [6.07, 6.45) is 1.71. The quantitative estimate of drug-likeness (QED) is 0.186. The number of amides is 1. The largest absolute Gasteiger partial charge is 0.483 e. The van der Waals surface area contributed by atoms with Gasteiger partial charge in [-0.1, -0.05) is 78.3 Å². The fourth-order valence-electron chi connectivity index (χ4n) is 3.78. The molecule has 0 aliphatic carbocycles. The topological polar surface area (TPSA) is 50.7 Å². The van der Waals surface area contributed by atoms with E-state index in [1.54, 1.807) is 6.21 Å². The maximum absolute atomic E-state index is 12.4. The summed E-state index contributed by atoms with van der Waals surface area (Å²) in [7, 11) is 0. The molecule has 0 atom stereocenters. The third kappa shape index (κ3) is 4.68. The van der Waals surface area contributed by atoms with E-state index >= 15 is 0 Å². The molecule has 0 bridgehead atoms. The van der Waals surface area contributed by atoms with E-state index in [9.17, 15) is 4.79 Å². The van der Waals surface area contributed by atoms with Crippen LogP contribution >= 0.6 is 15.9 Å². The monoisotopic (exact) mass is 488 g/mol. The molecule has 0 fully saturated rings. The number of carbonyl (C=O) groups excluding carboxylic acids is 1. The van der Waals surface area contributed by atoms with Gasteiger partial charge in [-0.3, -0.25) is 4.79 Å². The zero-order chi connectivity index (χ0) is 22.7. The lowest BCUT2D eigenvalue weighted by Crippen LogP contribution is -2.25. The number of nitrogens with one attached hydrogen (secondary N) is 1. The van der Waals surface area contributed by atoms with Crippen molar-refractivity contribution >= 4 is 49.6 Å². The smallest absolute Gasteiger partial charge is 0.277 e. The molecule has 4 aromatic carbocycles. The van der Waals surface area contributed by atoms with Crippen LogP contribution in [0, 0.1) is 6.92 Å². The maximum Gasteiger partial charge on any atom is 0.277 e. The predicted molar refractivity (Wildman–Crippen MR) is 136 cm³/mol. The Morgan fingerprint density at radius 2 is 1.66 bits per heavy atom. The molecule has 1 amide bonds. The third-order valence-corrected chi connectivity index (χ3v) is 6.32. The van der Waals surface area contributed by atoms with Gasteiger partial charge in [0.05, 0.1) is 6.21 Å². The summed E-state index contributed by atoms with van der Waals surface area (Å²) in [6, 6.07) is 22.5. The van der Waals surface area contributed by atoms with E-state index in [1.165, 1.54) is 0 Å². The molecule has 1 N–H and O–H groups in total. The van der Waals surface area contributed by atoms with E-state index in [0.717, 1.165) is 48.5 Å². The summed E-state index contributed by atoms with van der Waals surface area (Å²) < 4.78 is 6.86. The standard InChI is InChI=1S/C27H25BrN2O2/c1-17(2)23-14-25(28)18(3)12-26(23)32-16-27(31)30-29-15-24-21-10-6-4-8-19(21)13-20-9-5-7-11-22(20)24/h4-15,17H,16H2,1-3H3,(H,30,31)/b29-15-. The molecule has 0 aliphatic rings. The first kappa shape index (κ1) is 22.0. The Kier molecular flexibility index (Phi) is 6.56. The molecule has 0 saturated carbocycles. The van der Waals surface area contributed by atoms with Crippen LogP contribution in [0.15, 0.2) is 76.3 Å². The Morgan fingerprint density at radius 1 is 1.03 bits per heavy atom. The second-order valence-corrected chi connectivity index (χ2v) is 8.96. The molecule has 0 spiro atoms. The molecule has 162 valence electrons. The minimum atomic E-state index is -0.305. The molecule has 0 radical (unpaired) electrons. The second-order valence-electron chi connectivity index (χ2n) is 8.11. The molecule has 0 unspecified atom stereocenters. The van der Waals surface area contributed by atoms with Crippen molar-refractivity contribution in [1.82, 2.24) is 5.43 Å². The highest BCUT2D eigenvalue weighted by Crippen LogP contribution is 2.32. The molecule has 0 aliphatic heterocycles. The van der Waals surface area contributed by atoms with Gasteiger partial charge in [0, 0.05) is 10.0 Å². The Labute approximate surface area is 196 Å². The molecule has 4 nitrogen and oxygen atoms in total. The highest BCUT2D eigenvalue weighted by atomic mass is 79.9. The summed E-state index contributed by atoms with van der Waals surface area (Å²) in [6.45, 7) is 6.10. The second kappa shape index (κ2) is 9.53. The van der Waals surface area contributed by atoms with Crippen molar-refractivity contribution < 1.29 is 9.53 Å². The van der Waals surface area contributed by atoms with Gasteiger partial charge in [0.1, 0.15) is 5.75 Å². The molecule has 0 aromatic heterocycles. The van der Waals surface area contributed by atoms with Crippen molar-refractivity contribution in [3.63, 3.8) is 0 Å². The average molecular weight is 489 g/mol. The lowest BCUT2D eigenvalue weighted by Gasteiger charge is -2.15. The Balaban J connectivity index is 1.51. The van der Waals surface area contributed by atoms with Gasteiger partial charge in [-0.25, -0.2) is 5.43 Å². The van der Waals surface area contributed by atoms with Crippen LogP contribution in [0.5, 0.6) is 5.75 Å². The number of hydrazone groups is 1. The molecular formula is C27H25BrN2O2. The number of ether oxygens (including phenoxy) is 1. The van der Waals surface area contributed by atoms with Crippen molar-refractivity contribution in [3.05, 3.63) is 87.9 Å². The van der Waals surface area contributed by atoms with Crippen LogP contribution in [0.4, 0.5) is 0 Å². The highest BCUT2D eigenvalue weighted by molar-refractivity contribution is 9.10. The minimum absolute atomic E-state index is 0.103. The molecule has 5 heteroatoms. The van der Waals surface area contributed by atoms with Crippen molar-refractivity contribution in [1.29, 1.82) is 0 Å². The summed E-state index contributed by atoms with van der Waals surface area (Å²) in [4.78, 5) is 12.4. The molecule has 4 rings (SSSR count). The Bertz CT molecular complexity index is 1270. The van der Waals surface area contributed by atoms with Crippen LogP contribution in [0.1, 0.15) is 36.5 Å². The van der Waals surface area contributed by atoms with Gasteiger partial charge in [-0.05, 0) is 63.7 Å². The zero-order valence-electron chi connectivity index (χ0n) is 18.4. The van der Waals surface area contributed by atoms with Crippen LogP contribution in [-0.4, -0.2) is 18.7 Å². The Hall–Kier alpha value is -3.18. The van der Waals surface area contributed by atoms with Gasteiger partial charge in [-0.15, -0.1) is 0 Å². The van der Waals surface area contributed by atoms with Gasteiger partial charge in [0.2, 0.25) is 0 Å². The predicted octanol–water partition coefficient (Wildman–Crippen LogP) is 6.72. The SMILES string of the molecule is Cc1cc(OCC(=O)N/N=C\c2c3ccccc3cc3ccccc23)c(C(C)C)cc1Br. The molecule has 32 heavy (non-hydrogen) atoms. The number of benzene rings is 4. The van der Waals surface area contributed by atoms with E-state index in [-0.39, 0.29) is 18.4 Å². The Morgan fingerprint density at radius 3 is 2.28 bits per heavy atom. The van der Waals surface area contributed by atoms with Gasteiger partial charge in [0.25, 0.3) is 5.91 Å². The van der Waals surface area contributed by atoms with Gasteiger partial charge < -0.3 is 4.74 Å². The zero-order valence-corrected chi connectivity index (χ0v) is 19.9. The number of fused-ring (bicyclic) bond motifs is 2. The van der Waals surface area contributed by atoms with Gasteiger partial charge in [0.15, 0.2) is 6.61 Å². The number of hydrogen-bond donors (Lipinski definition) is 1. The first-order valence-corrected chi connectivity index (χ1v) is 11.4. The first-order chi connectivity index (χ1) is 15.4. The summed E-state index contributed by atoms with van der Waals surface area (Å²) >= 11 is 3.57. The lowest BCUT2D eigenvalue weighted by atomic mass is 9.97. The van der Waals surface area contributed by atoms with E-state index < -0.39 is 0 Å². The number of rotatable bonds is 6. The normalized spacial score (nSPS) is 11.5. The van der Waals surface area contributed by atoms with Crippen molar-refractivity contribution in [2.75, 3.05) is 6.61 Å². The highest BCUT2D eigenvalue weighted by Gasteiger charge is 2.12. The number of hydrogen-bond acceptors (Lipinski definition) is 3. The van der Waals surface area contributed by atoms with Crippen LogP contribution < -0.4 is 10.2 Å². The van der Waals surface area contributed by atoms with Crippen molar-refractivity contribution in [3.8, 4) is 5.75 Å². The summed E-state index contributed by atoms with van der Waals surface area (Å²) in [5.41, 5.74) is 5.70. The van der Waals surface area contributed by atoms with Gasteiger partial charge in [-0.2, -0.15) is 5.10 Å². The fourth-order valence-corrected chi connectivity index (χ4v) is 4.14. The summed E-state index contributed by atoms with van der Waals surface area (Å²) in [5.74, 6) is 0.698. The first-order valence-electron chi connectivity index (χ1n) is 10.6. The third-order valence-electron chi connectivity index (χ3n) is 5.47. The fraction of sp³-hybridized carbons (Fsp3) is 0.185. The van der Waals surface area contributed by atoms with Crippen LogP contribution in [0.2, 0.25) is 0 Å². The molecular weight excluding hydrogens is 464 g/mol. The average Bonchev–Trinajstić information content (AvgIpc) is 2.79. The van der Waals surface area contributed by atoms with E-state index in [0.29, 0.717) is 0 Å². The van der Waals surface area contributed by atoms with Crippen LogP contribution in [0.3, 0.4) is 0 Å². The lowest BCUT2D eigenvalue weighted by molar-refractivity contribution is -0.123. The number of carbonyl (C=O) groups is 1. The maximum atomic E-state index is 12.4. The van der Waals surface area contributed by atoms with E-state index in [2.05, 4.69) is 76.7 Å². The number of halogens is 1. The van der Waals surface area contributed by atoms with Gasteiger partial charge >= 0.3 is 0 Å². The van der Waals surface area contributed by atoms with Crippen molar-refractivity contribution in [2.45, 2.75) is 26.7 Å². The van der Waals surface area contributed by atoms with Crippen molar-refractivity contribution in [2.24, 2.45) is 5.10 Å². The number of nitrogens with zero attached hydrogens (tertiary/aromatic N) is 1. The van der Waals surface area contributed by atoms with E-state index in [1.807, 2.05) is 37.3 Å².